The summed E-state index contributed by atoms with van der Waals surface area (Å²) in [5.74, 6) is 2.07. The van der Waals surface area contributed by atoms with Crippen LogP contribution in [-0.2, 0) is 20.7 Å². The second-order valence-electron chi connectivity index (χ2n) is 10.2. The van der Waals surface area contributed by atoms with Crippen LogP contribution in [0.3, 0.4) is 0 Å². The zero-order chi connectivity index (χ0) is 21.8. The van der Waals surface area contributed by atoms with E-state index in [0.717, 1.165) is 30.9 Å². The number of rotatable bonds is 7. The van der Waals surface area contributed by atoms with Crippen LogP contribution in [0, 0.1) is 23.2 Å². The number of carbonyl (C=O) groups excluding carboxylic acids is 1. The summed E-state index contributed by atoms with van der Waals surface area (Å²) >= 11 is 0. The molecule has 2 heterocycles. The molecule has 31 heavy (non-hydrogen) atoms. The van der Waals surface area contributed by atoms with Crippen molar-refractivity contribution in [2.75, 3.05) is 27.3 Å². The second kappa shape index (κ2) is 7.66. The van der Waals surface area contributed by atoms with Gasteiger partial charge in [0, 0.05) is 17.9 Å². The van der Waals surface area contributed by atoms with Gasteiger partial charge in [0.1, 0.15) is 11.7 Å². The van der Waals surface area contributed by atoms with E-state index < -0.39 is 0 Å². The Balaban J connectivity index is 1.21. The van der Waals surface area contributed by atoms with Gasteiger partial charge in [-0.15, -0.1) is 0 Å². The lowest BCUT2D eigenvalue weighted by atomic mass is 9.53. The Labute approximate surface area is 185 Å². The van der Waals surface area contributed by atoms with Gasteiger partial charge >= 0.3 is 5.97 Å². The van der Waals surface area contributed by atoms with Gasteiger partial charge in [-0.2, -0.15) is 0 Å². The Morgan fingerprint density at radius 2 is 2.03 bits per heavy atom. The van der Waals surface area contributed by atoms with Crippen molar-refractivity contribution < 1.29 is 23.7 Å². The van der Waals surface area contributed by atoms with Gasteiger partial charge in [0.15, 0.2) is 11.5 Å². The summed E-state index contributed by atoms with van der Waals surface area (Å²) in [6.07, 6.45) is 5.66. The minimum Gasteiger partial charge on any atom is -0.493 e. The first-order valence-corrected chi connectivity index (χ1v) is 11.7. The predicted octanol–water partition coefficient (Wildman–Crippen LogP) is 3.36. The fraction of sp³-hybridized carbons (Fsp3) is 0.720. The van der Waals surface area contributed by atoms with Crippen LogP contribution in [0.2, 0.25) is 0 Å². The molecule has 2 saturated carbocycles. The lowest BCUT2D eigenvalue weighted by Crippen LogP contribution is -2.54. The molecule has 2 saturated heterocycles. The van der Waals surface area contributed by atoms with E-state index >= 15 is 0 Å². The highest BCUT2D eigenvalue weighted by Crippen LogP contribution is 2.70. The van der Waals surface area contributed by atoms with Gasteiger partial charge in [0.2, 0.25) is 0 Å². The molecule has 1 spiro atoms. The molecule has 0 bridgehead atoms. The third-order valence-corrected chi connectivity index (χ3v) is 8.60. The zero-order valence-corrected chi connectivity index (χ0v) is 19.1. The zero-order valence-electron chi connectivity index (χ0n) is 19.1. The van der Waals surface area contributed by atoms with E-state index in [1.807, 2.05) is 12.1 Å². The van der Waals surface area contributed by atoms with Crippen LogP contribution < -0.4 is 14.8 Å². The van der Waals surface area contributed by atoms with Crippen LogP contribution in [0.5, 0.6) is 11.5 Å². The molecule has 1 N–H and O–H groups in total. The number of nitrogens with one attached hydrogen (secondary N) is 1. The molecule has 4 fully saturated rings. The summed E-state index contributed by atoms with van der Waals surface area (Å²) in [5.41, 5.74) is 1.29. The van der Waals surface area contributed by atoms with Gasteiger partial charge in [0.05, 0.1) is 26.2 Å². The summed E-state index contributed by atoms with van der Waals surface area (Å²) in [7, 11) is 3.29. The second-order valence-corrected chi connectivity index (χ2v) is 10.2. The van der Waals surface area contributed by atoms with Crippen molar-refractivity contribution in [2.24, 2.45) is 23.2 Å². The van der Waals surface area contributed by atoms with Crippen LogP contribution in [0.15, 0.2) is 18.2 Å². The Hall–Kier alpha value is -1.79. The molecule has 170 valence electrons. The van der Waals surface area contributed by atoms with E-state index in [2.05, 4.69) is 25.2 Å². The average molecular weight is 430 g/mol. The summed E-state index contributed by atoms with van der Waals surface area (Å²) < 4.78 is 23.1. The SMILES string of the molecule is COc1ccc(CCNC[C@H]2C(=O)O[C@@H]3C[C@@]4(C)CCC[C@H](C)[C@@]45O[C@H]5[C@@H]32)cc1OC. The van der Waals surface area contributed by atoms with Crippen molar-refractivity contribution in [1.82, 2.24) is 5.32 Å². The first kappa shape index (κ1) is 21.1. The number of benzene rings is 1. The molecule has 0 radical (unpaired) electrons. The number of hydrogen-bond acceptors (Lipinski definition) is 6. The first-order chi connectivity index (χ1) is 14.9. The van der Waals surface area contributed by atoms with Crippen LogP contribution in [0.4, 0.5) is 0 Å². The molecule has 2 aliphatic carbocycles. The van der Waals surface area contributed by atoms with Crippen LogP contribution >= 0.6 is 0 Å². The summed E-state index contributed by atoms with van der Waals surface area (Å²) in [5, 5.41) is 3.51. The van der Waals surface area contributed by atoms with E-state index in [0.29, 0.717) is 12.5 Å². The molecule has 4 aliphatic rings. The van der Waals surface area contributed by atoms with Gasteiger partial charge in [-0.25, -0.2) is 0 Å². The minimum absolute atomic E-state index is 0.0149. The number of fused-ring (bicyclic) bond motifs is 2. The molecule has 0 amide bonds. The molecular weight excluding hydrogens is 394 g/mol. The highest BCUT2D eigenvalue weighted by Gasteiger charge is 2.78. The van der Waals surface area contributed by atoms with Crippen molar-refractivity contribution in [1.29, 1.82) is 0 Å². The third-order valence-electron chi connectivity index (χ3n) is 8.60. The molecule has 6 nitrogen and oxygen atoms in total. The highest BCUT2D eigenvalue weighted by molar-refractivity contribution is 5.76. The van der Waals surface area contributed by atoms with Gasteiger partial charge < -0.3 is 24.3 Å². The summed E-state index contributed by atoms with van der Waals surface area (Å²) in [6, 6.07) is 5.99. The van der Waals surface area contributed by atoms with E-state index in [4.69, 9.17) is 18.9 Å². The lowest BCUT2D eigenvalue weighted by Gasteiger charge is -2.48. The van der Waals surface area contributed by atoms with Crippen LogP contribution in [0.25, 0.3) is 0 Å². The average Bonchev–Trinajstić information content (AvgIpc) is 3.44. The predicted molar refractivity (Wildman–Crippen MR) is 116 cm³/mol. The van der Waals surface area contributed by atoms with Crippen molar-refractivity contribution in [3.63, 3.8) is 0 Å². The number of ether oxygens (including phenoxy) is 4. The third kappa shape index (κ3) is 3.17. The van der Waals surface area contributed by atoms with Gasteiger partial charge in [-0.1, -0.05) is 26.3 Å². The van der Waals surface area contributed by atoms with Crippen LogP contribution in [0.1, 0.15) is 45.1 Å². The van der Waals surface area contributed by atoms with E-state index in [1.54, 1.807) is 14.2 Å². The fourth-order valence-corrected chi connectivity index (χ4v) is 6.99. The van der Waals surface area contributed by atoms with E-state index in [9.17, 15) is 4.79 Å². The molecule has 5 rings (SSSR count). The lowest BCUT2D eigenvalue weighted by molar-refractivity contribution is -0.146. The molecule has 0 aromatic heterocycles. The molecule has 0 unspecified atom stereocenters. The number of esters is 1. The normalized spacial score (nSPS) is 40.4. The topological polar surface area (TPSA) is 69.3 Å². The molecular formula is C25H35NO5. The number of methoxy groups -OCH3 is 2. The van der Waals surface area contributed by atoms with Crippen molar-refractivity contribution >= 4 is 5.97 Å². The molecule has 2 aliphatic heterocycles. The maximum absolute atomic E-state index is 12.8. The van der Waals surface area contributed by atoms with E-state index in [1.165, 1.54) is 24.8 Å². The highest BCUT2D eigenvalue weighted by atomic mass is 16.6. The Bertz CT molecular complexity index is 858. The molecule has 1 aromatic rings. The number of epoxide rings is 1. The standard InChI is InChI=1S/C25H35NO5/c1-15-6-5-10-24(2)13-20-21(22-25(15,24)31-22)17(23(27)30-20)14-26-11-9-16-7-8-18(28-3)19(12-16)29-4/h7-8,12,15,17,20-22,26H,5-6,9-11,13-14H2,1-4H3/t15-,17+,20+,21+,22-,24+,25-/m0/s1. The first-order valence-electron chi connectivity index (χ1n) is 11.7. The molecule has 6 heteroatoms. The molecule has 7 atom stereocenters. The quantitative estimate of drug-likeness (QED) is 0.407. The summed E-state index contributed by atoms with van der Waals surface area (Å²) in [6.45, 7) is 6.14. The monoisotopic (exact) mass is 429 g/mol. The Morgan fingerprint density at radius 3 is 2.81 bits per heavy atom. The summed E-state index contributed by atoms with van der Waals surface area (Å²) in [4.78, 5) is 12.8. The molecule has 1 aromatic carbocycles. The van der Waals surface area contributed by atoms with Crippen molar-refractivity contribution in [3.8, 4) is 11.5 Å². The maximum atomic E-state index is 12.8. The van der Waals surface area contributed by atoms with Crippen molar-refractivity contribution in [3.05, 3.63) is 23.8 Å². The van der Waals surface area contributed by atoms with Gasteiger partial charge in [-0.05, 0) is 55.8 Å². The smallest absolute Gasteiger partial charge is 0.311 e. The minimum atomic E-state index is -0.113. The van der Waals surface area contributed by atoms with Gasteiger partial charge in [-0.3, -0.25) is 4.79 Å². The Morgan fingerprint density at radius 1 is 1.23 bits per heavy atom. The van der Waals surface area contributed by atoms with Crippen LogP contribution in [-0.4, -0.2) is 51.1 Å². The number of carbonyl (C=O) groups is 1. The Kier molecular flexibility index (Phi) is 5.21. The van der Waals surface area contributed by atoms with E-state index in [-0.39, 0.29) is 41.0 Å². The largest absolute Gasteiger partial charge is 0.493 e. The van der Waals surface area contributed by atoms with Gasteiger partial charge in [0.25, 0.3) is 0 Å². The maximum Gasteiger partial charge on any atom is 0.311 e. The van der Waals surface area contributed by atoms with Crippen molar-refractivity contribution in [2.45, 2.75) is 63.8 Å². The number of hydrogen-bond donors (Lipinski definition) is 1. The fourth-order valence-electron chi connectivity index (χ4n) is 6.99.